The van der Waals surface area contributed by atoms with E-state index in [-0.39, 0.29) is 12.3 Å². The molecular weight excluding hydrogens is 194 g/mol. The van der Waals surface area contributed by atoms with Crippen molar-refractivity contribution in [1.29, 1.82) is 0 Å². The number of rotatable bonds is 5. The van der Waals surface area contributed by atoms with Gasteiger partial charge in [-0.05, 0) is 18.8 Å². The zero-order valence-corrected chi connectivity index (χ0v) is 7.79. The third-order valence-corrected chi connectivity index (χ3v) is 2.58. The summed E-state index contributed by atoms with van der Waals surface area (Å²) in [6, 6.07) is 0. The van der Waals surface area contributed by atoms with Crippen molar-refractivity contribution in [3.63, 3.8) is 0 Å². The van der Waals surface area contributed by atoms with Gasteiger partial charge in [-0.25, -0.2) is 0 Å². The van der Waals surface area contributed by atoms with Crippen molar-refractivity contribution in [3.05, 3.63) is 0 Å². The Labute approximate surface area is 81.1 Å². The van der Waals surface area contributed by atoms with Crippen LogP contribution in [0.3, 0.4) is 0 Å². The summed E-state index contributed by atoms with van der Waals surface area (Å²) in [6.07, 6.45) is 2.40. The number of halogens is 2. The Kier molecular flexibility index (Phi) is 4.25. The monoisotopic (exact) mass is 208 g/mol. The molecule has 1 fully saturated rings. The Morgan fingerprint density at radius 1 is 1.43 bits per heavy atom. The van der Waals surface area contributed by atoms with Crippen LogP contribution in [-0.4, -0.2) is 23.8 Å². The highest BCUT2D eigenvalue weighted by Crippen LogP contribution is 2.31. The molecule has 0 aromatic rings. The van der Waals surface area contributed by atoms with Gasteiger partial charge in [0, 0.05) is 0 Å². The van der Waals surface area contributed by atoms with E-state index >= 15 is 0 Å². The van der Waals surface area contributed by atoms with Gasteiger partial charge in [0.2, 0.25) is 0 Å². The molecule has 1 atom stereocenters. The molecule has 0 bridgehead atoms. The van der Waals surface area contributed by atoms with E-state index in [1.54, 1.807) is 0 Å². The standard InChI is InChI=1S/C9H14F2O3/c10-9(11)14-7(5-8(12)13)6-3-1-2-4-6/h6-7,9H,1-5H2,(H,12,13). The predicted octanol–water partition coefficient (Wildman–Crippen LogP) is 2.26. The van der Waals surface area contributed by atoms with Gasteiger partial charge in [0.25, 0.3) is 0 Å². The summed E-state index contributed by atoms with van der Waals surface area (Å²) in [7, 11) is 0. The molecule has 1 saturated carbocycles. The molecule has 1 N–H and O–H groups in total. The molecule has 0 radical (unpaired) electrons. The summed E-state index contributed by atoms with van der Waals surface area (Å²) in [5, 5.41) is 8.53. The highest BCUT2D eigenvalue weighted by molar-refractivity contribution is 5.67. The van der Waals surface area contributed by atoms with Crippen molar-refractivity contribution in [2.45, 2.75) is 44.8 Å². The van der Waals surface area contributed by atoms with Crippen molar-refractivity contribution in [2.75, 3.05) is 0 Å². The molecule has 5 heteroatoms. The van der Waals surface area contributed by atoms with Gasteiger partial charge in [0.15, 0.2) is 0 Å². The molecule has 1 aliphatic rings. The third kappa shape index (κ3) is 3.57. The van der Waals surface area contributed by atoms with Crippen molar-refractivity contribution < 1.29 is 23.4 Å². The molecule has 0 heterocycles. The van der Waals surface area contributed by atoms with E-state index in [9.17, 15) is 13.6 Å². The summed E-state index contributed by atoms with van der Waals surface area (Å²) >= 11 is 0. The summed E-state index contributed by atoms with van der Waals surface area (Å²) in [5.41, 5.74) is 0. The van der Waals surface area contributed by atoms with Gasteiger partial charge in [0.05, 0.1) is 12.5 Å². The van der Waals surface area contributed by atoms with Crippen molar-refractivity contribution in [3.8, 4) is 0 Å². The predicted molar refractivity (Wildman–Crippen MR) is 45.1 cm³/mol. The van der Waals surface area contributed by atoms with E-state index in [1.807, 2.05) is 0 Å². The second kappa shape index (κ2) is 5.24. The topological polar surface area (TPSA) is 46.5 Å². The summed E-state index contributed by atoms with van der Waals surface area (Å²) in [6.45, 7) is -2.88. The number of alkyl halides is 2. The van der Waals surface area contributed by atoms with E-state index in [0.29, 0.717) is 0 Å². The van der Waals surface area contributed by atoms with Gasteiger partial charge in [-0.2, -0.15) is 8.78 Å². The molecular formula is C9H14F2O3. The Morgan fingerprint density at radius 3 is 2.43 bits per heavy atom. The lowest BCUT2D eigenvalue weighted by Gasteiger charge is -2.21. The van der Waals surface area contributed by atoms with Crippen LogP contribution in [0.2, 0.25) is 0 Å². The second-order valence-corrected chi connectivity index (χ2v) is 3.58. The highest BCUT2D eigenvalue weighted by Gasteiger charge is 2.29. The molecule has 0 saturated heterocycles. The molecule has 1 unspecified atom stereocenters. The first-order valence-corrected chi connectivity index (χ1v) is 4.75. The number of aliphatic carboxylic acids is 1. The molecule has 0 aliphatic heterocycles. The van der Waals surface area contributed by atoms with Crippen molar-refractivity contribution in [1.82, 2.24) is 0 Å². The average molecular weight is 208 g/mol. The maximum absolute atomic E-state index is 12.0. The average Bonchev–Trinajstić information content (AvgIpc) is 2.52. The largest absolute Gasteiger partial charge is 0.481 e. The third-order valence-electron chi connectivity index (χ3n) is 2.58. The number of hydrogen-bond donors (Lipinski definition) is 1. The summed E-state index contributed by atoms with van der Waals surface area (Å²) in [5.74, 6) is -1.09. The number of carboxylic acids is 1. The minimum atomic E-state index is -2.88. The van der Waals surface area contributed by atoms with Crippen molar-refractivity contribution >= 4 is 5.97 Å². The Morgan fingerprint density at radius 2 is 2.00 bits per heavy atom. The number of carbonyl (C=O) groups is 1. The van der Waals surface area contributed by atoms with Crippen LogP contribution in [0.1, 0.15) is 32.1 Å². The van der Waals surface area contributed by atoms with E-state index in [4.69, 9.17) is 5.11 Å². The molecule has 0 spiro atoms. The SMILES string of the molecule is O=C(O)CC(OC(F)F)C1CCCC1. The molecule has 0 aromatic heterocycles. The van der Waals surface area contributed by atoms with Crippen LogP contribution in [0.15, 0.2) is 0 Å². The maximum atomic E-state index is 12.0. The number of hydrogen-bond acceptors (Lipinski definition) is 2. The summed E-state index contributed by atoms with van der Waals surface area (Å²) < 4.78 is 28.3. The fourth-order valence-electron chi connectivity index (χ4n) is 1.96. The molecule has 82 valence electrons. The first kappa shape index (κ1) is 11.4. The maximum Gasteiger partial charge on any atom is 0.345 e. The first-order chi connectivity index (χ1) is 6.59. The molecule has 0 amide bonds. The van der Waals surface area contributed by atoms with Gasteiger partial charge < -0.3 is 9.84 Å². The zero-order valence-electron chi connectivity index (χ0n) is 7.79. The van der Waals surface area contributed by atoms with Gasteiger partial charge in [-0.3, -0.25) is 4.79 Å². The Hall–Kier alpha value is -0.710. The van der Waals surface area contributed by atoms with Gasteiger partial charge in [0.1, 0.15) is 0 Å². The van der Waals surface area contributed by atoms with Crippen LogP contribution in [0.5, 0.6) is 0 Å². The van der Waals surface area contributed by atoms with E-state index < -0.39 is 18.7 Å². The van der Waals surface area contributed by atoms with E-state index in [0.717, 1.165) is 25.7 Å². The zero-order chi connectivity index (χ0) is 10.6. The van der Waals surface area contributed by atoms with Crippen LogP contribution in [0.25, 0.3) is 0 Å². The van der Waals surface area contributed by atoms with E-state index in [2.05, 4.69) is 4.74 Å². The smallest absolute Gasteiger partial charge is 0.345 e. The minimum Gasteiger partial charge on any atom is -0.481 e. The quantitative estimate of drug-likeness (QED) is 0.753. The lowest BCUT2D eigenvalue weighted by atomic mass is 9.98. The lowest BCUT2D eigenvalue weighted by Crippen LogP contribution is -2.27. The minimum absolute atomic E-state index is 0.0138. The van der Waals surface area contributed by atoms with Gasteiger partial charge in [-0.1, -0.05) is 12.8 Å². The first-order valence-electron chi connectivity index (χ1n) is 4.75. The fourth-order valence-corrected chi connectivity index (χ4v) is 1.96. The molecule has 14 heavy (non-hydrogen) atoms. The summed E-state index contributed by atoms with van der Waals surface area (Å²) in [4.78, 5) is 10.4. The number of carboxylic acid groups (broad SMARTS) is 1. The molecule has 1 rings (SSSR count). The highest BCUT2D eigenvalue weighted by atomic mass is 19.3. The van der Waals surface area contributed by atoms with Crippen molar-refractivity contribution in [2.24, 2.45) is 5.92 Å². The molecule has 0 aromatic carbocycles. The lowest BCUT2D eigenvalue weighted by molar-refractivity contribution is -0.182. The van der Waals surface area contributed by atoms with E-state index in [1.165, 1.54) is 0 Å². The van der Waals surface area contributed by atoms with Crippen LogP contribution in [-0.2, 0) is 9.53 Å². The Bertz CT molecular complexity index is 190. The second-order valence-electron chi connectivity index (χ2n) is 3.58. The van der Waals surface area contributed by atoms with Gasteiger partial charge >= 0.3 is 12.6 Å². The molecule has 1 aliphatic carbocycles. The van der Waals surface area contributed by atoms with Crippen LogP contribution >= 0.6 is 0 Å². The van der Waals surface area contributed by atoms with Crippen LogP contribution < -0.4 is 0 Å². The van der Waals surface area contributed by atoms with Crippen LogP contribution in [0, 0.1) is 5.92 Å². The normalized spacial score (nSPS) is 20.2. The Balaban J connectivity index is 2.46. The fraction of sp³-hybridized carbons (Fsp3) is 0.889. The molecule has 3 nitrogen and oxygen atoms in total. The van der Waals surface area contributed by atoms with Crippen LogP contribution in [0.4, 0.5) is 8.78 Å². The van der Waals surface area contributed by atoms with Gasteiger partial charge in [-0.15, -0.1) is 0 Å². The number of ether oxygens (including phenoxy) is 1.